The second kappa shape index (κ2) is 4.56. The number of H-pyrrole nitrogens is 1. The van der Waals surface area contributed by atoms with Crippen molar-refractivity contribution in [1.82, 2.24) is 4.98 Å². The van der Waals surface area contributed by atoms with Crippen LogP contribution >= 0.6 is 22.6 Å². The van der Waals surface area contributed by atoms with Gasteiger partial charge in [-0.25, -0.2) is 0 Å². The number of halogens is 1. The summed E-state index contributed by atoms with van der Waals surface area (Å²) in [5.74, 6) is 0.931. The Morgan fingerprint density at radius 2 is 1.82 bits per heavy atom. The smallest absolute Gasteiger partial charge is 0.121 e. The third-order valence-electron chi connectivity index (χ3n) is 2.82. The van der Waals surface area contributed by atoms with Crippen molar-refractivity contribution in [3.63, 3.8) is 0 Å². The van der Waals surface area contributed by atoms with Gasteiger partial charge in [-0.3, -0.25) is 0 Å². The number of aromatic amines is 1. The molecule has 0 radical (unpaired) electrons. The standard InChI is InChI=1S/C14H12INO/c15-7-8-17-10-5-6-12-11-3-1-2-4-13(11)16-14(12)9-10/h1-6,9,16H,7-8H2. The van der Waals surface area contributed by atoms with Crippen molar-refractivity contribution >= 4 is 44.4 Å². The predicted molar refractivity (Wildman–Crippen MR) is 80.2 cm³/mol. The van der Waals surface area contributed by atoms with E-state index in [4.69, 9.17) is 4.74 Å². The zero-order valence-corrected chi connectivity index (χ0v) is 11.4. The second-order valence-corrected chi connectivity index (χ2v) is 4.99. The molecule has 0 aliphatic rings. The lowest BCUT2D eigenvalue weighted by atomic mass is 10.1. The minimum absolute atomic E-state index is 0.756. The normalized spacial score (nSPS) is 11.1. The maximum Gasteiger partial charge on any atom is 0.121 e. The Kier molecular flexibility index (Phi) is 2.93. The molecule has 1 N–H and O–H groups in total. The number of benzene rings is 2. The van der Waals surface area contributed by atoms with Crippen LogP contribution in [0.5, 0.6) is 5.75 Å². The lowest BCUT2D eigenvalue weighted by Gasteiger charge is -2.03. The molecule has 0 spiro atoms. The summed E-state index contributed by atoms with van der Waals surface area (Å²) in [5.41, 5.74) is 2.31. The van der Waals surface area contributed by atoms with Crippen LogP contribution in [-0.2, 0) is 0 Å². The van der Waals surface area contributed by atoms with Crippen LogP contribution in [0.25, 0.3) is 21.8 Å². The number of ether oxygens (including phenoxy) is 1. The molecule has 3 rings (SSSR count). The minimum atomic E-state index is 0.756. The van der Waals surface area contributed by atoms with Gasteiger partial charge in [-0.05, 0) is 18.2 Å². The van der Waals surface area contributed by atoms with Crippen LogP contribution in [0.4, 0.5) is 0 Å². The third-order valence-corrected chi connectivity index (χ3v) is 3.26. The van der Waals surface area contributed by atoms with Gasteiger partial charge in [0.2, 0.25) is 0 Å². The molecule has 2 nitrogen and oxygen atoms in total. The Morgan fingerprint density at radius 3 is 2.71 bits per heavy atom. The molecule has 0 aliphatic carbocycles. The van der Waals surface area contributed by atoms with E-state index in [0.29, 0.717) is 0 Å². The molecule has 1 aromatic heterocycles. The first-order valence-corrected chi connectivity index (χ1v) is 7.10. The van der Waals surface area contributed by atoms with Gasteiger partial charge in [-0.1, -0.05) is 40.8 Å². The van der Waals surface area contributed by atoms with Gasteiger partial charge in [-0.15, -0.1) is 0 Å². The van der Waals surface area contributed by atoms with Crippen LogP contribution in [0.15, 0.2) is 42.5 Å². The zero-order valence-electron chi connectivity index (χ0n) is 9.24. The Labute approximate surface area is 113 Å². The molecule has 2 aromatic carbocycles. The van der Waals surface area contributed by atoms with Crippen LogP contribution in [-0.4, -0.2) is 16.0 Å². The summed E-state index contributed by atoms with van der Waals surface area (Å²) in [4.78, 5) is 3.41. The number of rotatable bonds is 3. The fourth-order valence-electron chi connectivity index (χ4n) is 2.08. The molecule has 0 amide bonds. The number of nitrogens with one attached hydrogen (secondary N) is 1. The first kappa shape index (κ1) is 10.9. The summed E-state index contributed by atoms with van der Waals surface area (Å²) in [6.45, 7) is 0.756. The van der Waals surface area contributed by atoms with E-state index in [2.05, 4.69) is 57.9 Å². The number of hydrogen-bond acceptors (Lipinski definition) is 1. The SMILES string of the molecule is ICCOc1ccc2c(c1)[nH]c1ccccc12. The van der Waals surface area contributed by atoms with E-state index in [1.165, 1.54) is 16.3 Å². The van der Waals surface area contributed by atoms with Gasteiger partial charge in [0.15, 0.2) is 0 Å². The first-order chi connectivity index (χ1) is 8.38. The maximum atomic E-state index is 5.63. The predicted octanol–water partition coefficient (Wildman–Crippen LogP) is 4.13. The Morgan fingerprint density at radius 1 is 1.00 bits per heavy atom. The van der Waals surface area contributed by atoms with Crippen LogP contribution in [0, 0.1) is 0 Å². The van der Waals surface area contributed by atoms with Crippen LogP contribution in [0.1, 0.15) is 0 Å². The number of fused-ring (bicyclic) bond motifs is 3. The summed E-state index contributed by atoms with van der Waals surface area (Å²) in [6.07, 6.45) is 0. The highest BCUT2D eigenvalue weighted by molar-refractivity contribution is 14.1. The van der Waals surface area contributed by atoms with Gasteiger partial charge in [0.1, 0.15) is 5.75 Å². The molecular weight excluding hydrogens is 325 g/mol. The van der Waals surface area contributed by atoms with E-state index in [1.54, 1.807) is 0 Å². The highest BCUT2D eigenvalue weighted by Crippen LogP contribution is 2.28. The summed E-state index contributed by atoms with van der Waals surface area (Å²) in [5, 5.41) is 2.52. The topological polar surface area (TPSA) is 25.0 Å². The molecule has 0 saturated heterocycles. The van der Waals surface area contributed by atoms with E-state index in [9.17, 15) is 0 Å². The third kappa shape index (κ3) is 1.99. The minimum Gasteiger partial charge on any atom is -0.493 e. The van der Waals surface area contributed by atoms with Gasteiger partial charge in [0.05, 0.1) is 12.1 Å². The van der Waals surface area contributed by atoms with Gasteiger partial charge in [0.25, 0.3) is 0 Å². The maximum absolute atomic E-state index is 5.63. The largest absolute Gasteiger partial charge is 0.493 e. The molecule has 0 bridgehead atoms. The molecule has 0 aliphatic heterocycles. The lowest BCUT2D eigenvalue weighted by Crippen LogP contribution is -1.96. The van der Waals surface area contributed by atoms with Gasteiger partial charge < -0.3 is 9.72 Å². The van der Waals surface area contributed by atoms with Crippen molar-refractivity contribution in [2.24, 2.45) is 0 Å². The molecule has 0 saturated carbocycles. The lowest BCUT2D eigenvalue weighted by molar-refractivity contribution is 0.347. The van der Waals surface area contributed by atoms with Gasteiger partial charge in [-0.2, -0.15) is 0 Å². The average Bonchev–Trinajstić information content (AvgIpc) is 2.74. The van der Waals surface area contributed by atoms with E-state index < -0.39 is 0 Å². The van der Waals surface area contributed by atoms with Crippen LogP contribution in [0.2, 0.25) is 0 Å². The fourth-order valence-corrected chi connectivity index (χ4v) is 2.30. The van der Waals surface area contributed by atoms with Crippen molar-refractivity contribution in [3.8, 4) is 5.75 Å². The molecule has 17 heavy (non-hydrogen) atoms. The summed E-state index contributed by atoms with van der Waals surface area (Å²) >= 11 is 2.31. The fraction of sp³-hybridized carbons (Fsp3) is 0.143. The number of alkyl halides is 1. The van der Waals surface area contributed by atoms with Crippen molar-refractivity contribution in [3.05, 3.63) is 42.5 Å². The average molecular weight is 337 g/mol. The summed E-state index contributed by atoms with van der Waals surface area (Å²) < 4.78 is 6.63. The number of hydrogen-bond donors (Lipinski definition) is 1. The molecule has 0 unspecified atom stereocenters. The Balaban J connectivity index is 2.13. The number of aromatic nitrogens is 1. The first-order valence-electron chi connectivity index (χ1n) is 5.58. The molecule has 86 valence electrons. The molecule has 0 atom stereocenters. The molecule has 3 aromatic rings. The second-order valence-electron chi connectivity index (χ2n) is 3.92. The summed E-state index contributed by atoms with van der Waals surface area (Å²) in [6, 6.07) is 14.6. The van der Waals surface area contributed by atoms with E-state index >= 15 is 0 Å². The van der Waals surface area contributed by atoms with Gasteiger partial charge in [0, 0.05) is 26.8 Å². The van der Waals surface area contributed by atoms with E-state index in [1.807, 2.05) is 12.1 Å². The highest BCUT2D eigenvalue weighted by atomic mass is 127. The van der Waals surface area contributed by atoms with Crippen molar-refractivity contribution in [1.29, 1.82) is 0 Å². The molecular formula is C14H12INO. The number of para-hydroxylation sites is 1. The molecule has 3 heteroatoms. The summed E-state index contributed by atoms with van der Waals surface area (Å²) in [7, 11) is 0. The zero-order chi connectivity index (χ0) is 11.7. The Hall–Kier alpha value is -1.23. The van der Waals surface area contributed by atoms with Crippen LogP contribution < -0.4 is 4.74 Å². The van der Waals surface area contributed by atoms with Crippen molar-refractivity contribution < 1.29 is 4.74 Å². The van der Waals surface area contributed by atoms with Crippen LogP contribution in [0.3, 0.4) is 0 Å². The van der Waals surface area contributed by atoms with E-state index in [0.717, 1.165) is 22.3 Å². The van der Waals surface area contributed by atoms with Crippen molar-refractivity contribution in [2.75, 3.05) is 11.0 Å². The monoisotopic (exact) mass is 337 g/mol. The molecule has 1 heterocycles. The molecule has 0 fully saturated rings. The Bertz CT molecular complexity index is 659. The van der Waals surface area contributed by atoms with Crippen molar-refractivity contribution in [2.45, 2.75) is 0 Å². The quantitative estimate of drug-likeness (QED) is 0.564. The highest BCUT2D eigenvalue weighted by Gasteiger charge is 2.04. The van der Waals surface area contributed by atoms with Gasteiger partial charge >= 0.3 is 0 Å². The van der Waals surface area contributed by atoms with E-state index in [-0.39, 0.29) is 0 Å².